The molecule has 1 N–H and O–H groups in total. The van der Waals surface area contributed by atoms with E-state index in [0.717, 1.165) is 12.8 Å². The van der Waals surface area contributed by atoms with E-state index in [4.69, 9.17) is 5.21 Å². The van der Waals surface area contributed by atoms with Crippen molar-refractivity contribution in [3.63, 3.8) is 0 Å². The predicted molar refractivity (Wildman–Crippen MR) is 55.5 cm³/mol. The van der Waals surface area contributed by atoms with Crippen LogP contribution in [-0.2, 0) is 9.84 Å². The van der Waals surface area contributed by atoms with Crippen LogP contribution in [0, 0.1) is 5.92 Å². The van der Waals surface area contributed by atoms with E-state index in [0.29, 0.717) is 12.1 Å². The molecule has 1 saturated carbocycles. The van der Waals surface area contributed by atoms with Crippen LogP contribution >= 0.6 is 0 Å². The average Bonchev–Trinajstić information content (AvgIpc) is 2.96. The van der Waals surface area contributed by atoms with Gasteiger partial charge in [-0.3, -0.25) is 0 Å². The molecule has 0 aliphatic heterocycles. The first-order valence-corrected chi connectivity index (χ1v) is 6.71. The average molecular weight is 219 g/mol. The third-order valence-corrected chi connectivity index (χ3v) is 4.89. The predicted octanol–water partition coefficient (Wildman–Crippen LogP) is 1.44. The van der Waals surface area contributed by atoms with Crippen LogP contribution in [0.25, 0.3) is 0 Å². The van der Waals surface area contributed by atoms with E-state index in [1.54, 1.807) is 6.92 Å². The molecule has 14 heavy (non-hydrogen) atoms. The van der Waals surface area contributed by atoms with Crippen molar-refractivity contribution in [3.05, 3.63) is 0 Å². The standard InChI is InChI=1S/C9H17NO3S/c1-3-8(14(12,13)4-2)9(10-11)7-5-6-7/h7-8,11H,3-6H2,1-2H3/b10-9+. The highest BCUT2D eigenvalue weighted by Gasteiger charge is 2.38. The fourth-order valence-corrected chi connectivity index (χ4v) is 3.15. The number of sulfone groups is 1. The van der Waals surface area contributed by atoms with E-state index in [9.17, 15) is 8.42 Å². The molecule has 0 spiro atoms. The van der Waals surface area contributed by atoms with Crippen molar-refractivity contribution in [1.82, 2.24) is 0 Å². The Labute approximate surface area is 84.9 Å². The summed E-state index contributed by atoms with van der Waals surface area (Å²) in [5.41, 5.74) is 0.467. The van der Waals surface area contributed by atoms with Crippen LogP contribution in [0.1, 0.15) is 33.1 Å². The summed E-state index contributed by atoms with van der Waals surface area (Å²) < 4.78 is 23.3. The van der Waals surface area contributed by atoms with Crippen molar-refractivity contribution in [2.24, 2.45) is 11.1 Å². The van der Waals surface area contributed by atoms with Gasteiger partial charge in [-0.25, -0.2) is 8.42 Å². The van der Waals surface area contributed by atoms with Crippen LogP contribution in [0.4, 0.5) is 0 Å². The molecular formula is C9H17NO3S. The highest BCUT2D eigenvalue weighted by atomic mass is 32.2. The molecule has 0 heterocycles. The lowest BCUT2D eigenvalue weighted by molar-refractivity contribution is 0.315. The number of hydrogen-bond acceptors (Lipinski definition) is 4. The fraction of sp³-hybridized carbons (Fsp3) is 0.889. The summed E-state index contributed by atoms with van der Waals surface area (Å²) in [6.45, 7) is 3.44. The van der Waals surface area contributed by atoms with Crippen LogP contribution in [0.2, 0.25) is 0 Å². The van der Waals surface area contributed by atoms with Gasteiger partial charge in [-0.15, -0.1) is 0 Å². The van der Waals surface area contributed by atoms with Crippen LogP contribution < -0.4 is 0 Å². The van der Waals surface area contributed by atoms with Crippen molar-refractivity contribution >= 4 is 15.5 Å². The Morgan fingerprint density at radius 1 is 1.50 bits per heavy atom. The maximum atomic E-state index is 11.7. The van der Waals surface area contributed by atoms with Gasteiger partial charge in [-0.05, 0) is 19.3 Å². The molecule has 1 fully saturated rings. The molecule has 0 radical (unpaired) electrons. The Bertz CT molecular complexity index is 317. The van der Waals surface area contributed by atoms with E-state index in [-0.39, 0.29) is 11.7 Å². The van der Waals surface area contributed by atoms with Gasteiger partial charge < -0.3 is 5.21 Å². The number of oxime groups is 1. The summed E-state index contributed by atoms with van der Waals surface area (Å²) >= 11 is 0. The second-order valence-electron chi connectivity index (χ2n) is 3.65. The van der Waals surface area contributed by atoms with Gasteiger partial charge in [0, 0.05) is 11.7 Å². The summed E-state index contributed by atoms with van der Waals surface area (Å²) in [4.78, 5) is 0. The number of nitrogens with zero attached hydrogens (tertiary/aromatic N) is 1. The smallest absolute Gasteiger partial charge is 0.158 e. The molecule has 1 unspecified atom stereocenters. The largest absolute Gasteiger partial charge is 0.411 e. The Balaban J connectivity index is 2.90. The summed E-state index contributed by atoms with van der Waals surface area (Å²) in [5.74, 6) is 0.309. The third kappa shape index (κ3) is 2.26. The molecule has 0 aromatic heterocycles. The topological polar surface area (TPSA) is 66.7 Å². The van der Waals surface area contributed by atoms with E-state index in [1.165, 1.54) is 0 Å². The van der Waals surface area contributed by atoms with Crippen LogP contribution in [0.15, 0.2) is 5.16 Å². The summed E-state index contributed by atoms with van der Waals surface area (Å²) in [7, 11) is -3.12. The van der Waals surface area contributed by atoms with Crippen molar-refractivity contribution < 1.29 is 13.6 Å². The molecule has 5 heteroatoms. The zero-order valence-electron chi connectivity index (χ0n) is 8.60. The van der Waals surface area contributed by atoms with E-state index >= 15 is 0 Å². The zero-order valence-corrected chi connectivity index (χ0v) is 9.42. The molecule has 0 saturated heterocycles. The van der Waals surface area contributed by atoms with Gasteiger partial charge in [0.1, 0.15) is 5.25 Å². The molecule has 1 aliphatic rings. The first-order valence-electron chi connectivity index (χ1n) is 5.00. The SMILES string of the molecule is CCC(/C(=N/O)C1CC1)S(=O)(=O)CC. The van der Waals surface area contributed by atoms with E-state index in [2.05, 4.69) is 5.16 Å². The van der Waals surface area contributed by atoms with E-state index in [1.807, 2.05) is 6.92 Å². The molecule has 1 rings (SSSR count). The summed E-state index contributed by atoms with van der Waals surface area (Å²) in [6, 6.07) is 0. The van der Waals surface area contributed by atoms with Gasteiger partial charge in [0.15, 0.2) is 9.84 Å². The number of hydrogen-bond donors (Lipinski definition) is 1. The van der Waals surface area contributed by atoms with Crippen molar-refractivity contribution in [2.75, 3.05) is 5.75 Å². The third-order valence-electron chi connectivity index (χ3n) is 2.65. The highest BCUT2D eigenvalue weighted by molar-refractivity contribution is 7.92. The Morgan fingerprint density at radius 2 is 2.07 bits per heavy atom. The molecule has 4 nitrogen and oxygen atoms in total. The minimum Gasteiger partial charge on any atom is -0.411 e. The van der Waals surface area contributed by atoms with Gasteiger partial charge in [0.05, 0.1) is 5.71 Å². The second-order valence-corrected chi connectivity index (χ2v) is 6.12. The van der Waals surface area contributed by atoms with E-state index < -0.39 is 15.1 Å². The Morgan fingerprint density at radius 3 is 2.36 bits per heavy atom. The number of rotatable bonds is 5. The van der Waals surface area contributed by atoms with Gasteiger partial charge in [0.2, 0.25) is 0 Å². The monoisotopic (exact) mass is 219 g/mol. The normalized spacial score (nSPS) is 20.9. The zero-order chi connectivity index (χ0) is 10.8. The highest BCUT2D eigenvalue weighted by Crippen LogP contribution is 2.34. The second kappa shape index (κ2) is 4.29. The molecule has 0 amide bonds. The van der Waals surface area contributed by atoms with Gasteiger partial charge >= 0.3 is 0 Å². The van der Waals surface area contributed by atoms with Crippen LogP contribution in [-0.4, -0.2) is 30.3 Å². The maximum absolute atomic E-state index is 11.7. The first-order chi connectivity index (χ1) is 6.56. The van der Waals surface area contributed by atoms with Gasteiger partial charge in [0.25, 0.3) is 0 Å². The lowest BCUT2D eigenvalue weighted by Crippen LogP contribution is -2.32. The Kier molecular flexibility index (Phi) is 3.53. The molecule has 1 atom stereocenters. The van der Waals surface area contributed by atoms with Crippen LogP contribution in [0.5, 0.6) is 0 Å². The van der Waals surface area contributed by atoms with Crippen molar-refractivity contribution in [3.8, 4) is 0 Å². The summed E-state index contributed by atoms with van der Waals surface area (Å²) in [5, 5.41) is 11.4. The van der Waals surface area contributed by atoms with Crippen LogP contribution in [0.3, 0.4) is 0 Å². The molecule has 1 aliphatic carbocycles. The van der Waals surface area contributed by atoms with Crippen molar-refractivity contribution in [2.45, 2.75) is 38.4 Å². The molecule has 82 valence electrons. The molecular weight excluding hydrogens is 202 g/mol. The minimum atomic E-state index is -3.12. The quantitative estimate of drug-likeness (QED) is 0.432. The Hall–Kier alpha value is -0.580. The van der Waals surface area contributed by atoms with Gasteiger partial charge in [-0.1, -0.05) is 19.0 Å². The molecule has 0 aromatic carbocycles. The maximum Gasteiger partial charge on any atom is 0.158 e. The lowest BCUT2D eigenvalue weighted by Gasteiger charge is -2.15. The fourth-order valence-electron chi connectivity index (χ4n) is 1.64. The molecule has 0 bridgehead atoms. The summed E-state index contributed by atoms with van der Waals surface area (Å²) in [6.07, 6.45) is 2.40. The van der Waals surface area contributed by atoms with Crippen molar-refractivity contribution in [1.29, 1.82) is 0 Å². The first kappa shape index (κ1) is 11.5. The van der Waals surface area contributed by atoms with Gasteiger partial charge in [-0.2, -0.15) is 0 Å². The lowest BCUT2D eigenvalue weighted by atomic mass is 10.1. The molecule has 0 aromatic rings. The minimum absolute atomic E-state index is 0.108.